The molecule has 8 heteroatoms. The molecule has 0 unspecified atom stereocenters. The zero-order valence-electron chi connectivity index (χ0n) is 16.2. The average molecular weight is 394 g/mol. The molecule has 1 aliphatic heterocycles. The highest BCUT2D eigenvalue weighted by molar-refractivity contribution is 6.43. The van der Waals surface area contributed by atoms with Gasteiger partial charge in [0.05, 0.1) is 0 Å². The third-order valence-corrected chi connectivity index (χ3v) is 4.47. The van der Waals surface area contributed by atoms with Gasteiger partial charge >= 0.3 is 11.8 Å². The zero-order valence-corrected chi connectivity index (χ0v) is 16.2. The lowest BCUT2D eigenvalue weighted by Crippen LogP contribution is -2.29. The average Bonchev–Trinajstić information content (AvgIpc) is 3.07. The summed E-state index contributed by atoms with van der Waals surface area (Å²) in [6.07, 6.45) is 1.38. The summed E-state index contributed by atoms with van der Waals surface area (Å²) in [4.78, 5) is 49.2. The highest BCUT2D eigenvalue weighted by Gasteiger charge is 2.23. The van der Waals surface area contributed by atoms with E-state index < -0.39 is 11.8 Å². The number of benzene rings is 2. The van der Waals surface area contributed by atoms with E-state index in [0.717, 1.165) is 17.7 Å². The van der Waals surface area contributed by atoms with Crippen LogP contribution >= 0.6 is 0 Å². The maximum atomic E-state index is 12.2. The number of hydrogen-bond acceptors (Lipinski definition) is 4. The molecule has 1 aliphatic rings. The molecule has 0 atom stereocenters. The number of hydrogen-bond donors (Lipinski definition) is 3. The Morgan fingerprint density at radius 3 is 2.07 bits per heavy atom. The maximum absolute atomic E-state index is 12.2. The Kier molecular flexibility index (Phi) is 5.92. The molecular formula is C21H22N4O4. The van der Waals surface area contributed by atoms with Crippen molar-refractivity contribution in [1.82, 2.24) is 0 Å². The van der Waals surface area contributed by atoms with Gasteiger partial charge in [0.15, 0.2) is 0 Å². The summed E-state index contributed by atoms with van der Waals surface area (Å²) in [5, 5.41) is 7.66. The molecule has 0 bridgehead atoms. The van der Waals surface area contributed by atoms with Gasteiger partial charge in [0.25, 0.3) is 0 Å². The summed E-state index contributed by atoms with van der Waals surface area (Å²) in [5.74, 6) is -1.80. The highest BCUT2D eigenvalue weighted by Crippen LogP contribution is 2.27. The molecule has 2 aromatic carbocycles. The topological polar surface area (TPSA) is 108 Å². The van der Waals surface area contributed by atoms with Crippen molar-refractivity contribution in [3.63, 3.8) is 0 Å². The molecule has 4 amide bonds. The van der Waals surface area contributed by atoms with Gasteiger partial charge < -0.3 is 20.9 Å². The first-order valence-electron chi connectivity index (χ1n) is 9.24. The van der Waals surface area contributed by atoms with E-state index in [1.54, 1.807) is 47.4 Å². The summed E-state index contributed by atoms with van der Waals surface area (Å²) in [6, 6.07) is 11.6. The second kappa shape index (κ2) is 8.55. The van der Waals surface area contributed by atoms with Crippen LogP contribution in [0.5, 0.6) is 0 Å². The summed E-state index contributed by atoms with van der Waals surface area (Å²) < 4.78 is 0. The fourth-order valence-electron chi connectivity index (χ4n) is 3.19. The molecule has 0 aromatic heterocycles. The first kappa shape index (κ1) is 20.1. The van der Waals surface area contributed by atoms with Gasteiger partial charge in [-0.1, -0.05) is 6.07 Å². The fraction of sp³-hybridized carbons (Fsp3) is 0.238. The second-order valence-electron chi connectivity index (χ2n) is 6.82. The predicted molar refractivity (Wildman–Crippen MR) is 111 cm³/mol. The van der Waals surface area contributed by atoms with Gasteiger partial charge in [-0.15, -0.1) is 0 Å². The van der Waals surface area contributed by atoms with Crippen LogP contribution in [0.25, 0.3) is 0 Å². The SMILES string of the molecule is CC(=O)Nc1cccc(NC(=O)C(=O)Nc2ccc(N3CCCC3=O)c(C)c2)c1. The molecule has 2 aromatic rings. The van der Waals surface area contributed by atoms with Crippen LogP contribution in [0.1, 0.15) is 25.3 Å². The number of nitrogens with zero attached hydrogens (tertiary/aromatic N) is 1. The smallest absolute Gasteiger partial charge is 0.314 e. The van der Waals surface area contributed by atoms with Crippen molar-refractivity contribution < 1.29 is 19.2 Å². The highest BCUT2D eigenvalue weighted by atomic mass is 16.2. The van der Waals surface area contributed by atoms with Crippen molar-refractivity contribution >= 4 is 46.4 Å². The maximum Gasteiger partial charge on any atom is 0.314 e. The van der Waals surface area contributed by atoms with Gasteiger partial charge in [0.1, 0.15) is 0 Å². The van der Waals surface area contributed by atoms with E-state index in [-0.39, 0.29) is 11.8 Å². The Balaban J connectivity index is 1.64. The molecule has 150 valence electrons. The van der Waals surface area contributed by atoms with E-state index in [1.807, 2.05) is 6.92 Å². The third kappa shape index (κ3) is 4.98. The summed E-state index contributed by atoms with van der Waals surface area (Å²) >= 11 is 0. The molecule has 3 rings (SSSR count). The number of rotatable bonds is 4. The van der Waals surface area contributed by atoms with Crippen LogP contribution in [-0.4, -0.2) is 30.2 Å². The van der Waals surface area contributed by atoms with Crippen LogP contribution in [-0.2, 0) is 19.2 Å². The number of anilines is 4. The van der Waals surface area contributed by atoms with Crippen molar-refractivity contribution in [2.75, 3.05) is 27.4 Å². The molecule has 1 fully saturated rings. The Labute approximate surface area is 168 Å². The van der Waals surface area contributed by atoms with Crippen molar-refractivity contribution in [2.24, 2.45) is 0 Å². The van der Waals surface area contributed by atoms with Crippen molar-refractivity contribution in [2.45, 2.75) is 26.7 Å². The fourth-order valence-corrected chi connectivity index (χ4v) is 3.19. The Morgan fingerprint density at radius 2 is 1.52 bits per heavy atom. The zero-order chi connectivity index (χ0) is 21.0. The minimum absolute atomic E-state index is 0.0887. The minimum Gasteiger partial charge on any atom is -0.326 e. The van der Waals surface area contributed by atoms with Crippen molar-refractivity contribution in [3.8, 4) is 0 Å². The minimum atomic E-state index is -0.832. The van der Waals surface area contributed by atoms with Crippen LogP contribution in [0.3, 0.4) is 0 Å². The first-order valence-corrected chi connectivity index (χ1v) is 9.24. The third-order valence-electron chi connectivity index (χ3n) is 4.47. The molecule has 1 heterocycles. The predicted octanol–water partition coefficient (Wildman–Crippen LogP) is 2.66. The standard InChI is InChI=1S/C21H22N4O4/c1-13-11-17(8-9-18(13)25-10-4-7-19(25)27)24-21(29)20(28)23-16-6-3-5-15(12-16)22-14(2)26/h3,5-6,8-9,11-12H,4,7,10H2,1-2H3,(H,22,26)(H,23,28)(H,24,29). The first-order chi connectivity index (χ1) is 13.8. The van der Waals surface area contributed by atoms with Crippen molar-refractivity contribution in [3.05, 3.63) is 48.0 Å². The van der Waals surface area contributed by atoms with E-state index in [1.165, 1.54) is 6.92 Å². The number of carbonyl (C=O) groups is 4. The van der Waals surface area contributed by atoms with E-state index in [4.69, 9.17) is 0 Å². The summed E-state index contributed by atoms with van der Waals surface area (Å²) in [5.41, 5.74) is 3.00. The molecule has 0 radical (unpaired) electrons. The molecular weight excluding hydrogens is 372 g/mol. The Morgan fingerprint density at radius 1 is 0.897 bits per heavy atom. The molecule has 0 spiro atoms. The van der Waals surface area contributed by atoms with Crippen LogP contribution in [0.15, 0.2) is 42.5 Å². The van der Waals surface area contributed by atoms with Crippen LogP contribution in [0, 0.1) is 6.92 Å². The monoisotopic (exact) mass is 394 g/mol. The van der Waals surface area contributed by atoms with E-state index in [0.29, 0.717) is 30.0 Å². The second-order valence-corrected chi connectivity index (χ2v) is 6.82. The number of nitrogens with one attached hydrogen (secondary N) is 3. The summed E-state index contributed by atoms with van der Waals surface area (Å²) in [6.45, 7) is 3.92. The lowest BCUT2D eigenvalue weighted by molar-refractivity contribution is -0.132. The van der Waals surface area contributed by atoms with Gasteiger partial charge in [-0.05, 0) is 55.3 Å². The van der Waals surface area contributed by atoms with Gasteiger partial charge in [-0.25, -0.2) is 0 Å². The van der Waals surface area contributed by atoms with Gasteiger partial charge in [0, 0.05) is 42.6 Å². The van der Waals surface area contributed by atoms with Crippen LogP contribution in [0.4, 0.5) is 22.7 Å². The van der Waals surface area contributed by atoms with E-state index in [2.05, 4.69) is 16.0 Å². The molecule has 29 heavy (non-hydrogen) atoms. The van der Waals surface area contributed by atoms with Gasteiger partial charge in [-0.3, -0.25) is 19.2 Å². The lowest BCUT2D eigenvalue weighted by Gasteiger charge is -2.19. The van der Waals surface area contributed by atoms with Crippen LogP contribution in [0.2, 0.25) is 0 Å². The Bertz CT molecular complexity index is 986. The van der Waals surface area contributed by atoms with Gasteiger partial charge in [0.2, 0.25) is 11.8 Å². The summed E-state index contributed by atoms with van der Waals surface area (Å²) in [7, 11) is 0. The number of carbonyl (C=O) groups excluding carboxylic acids is 4. The molecule has 3 N–H and O–H groups in total. The molecule has 0 aliphatic carbocycles. The lowest BCUT2D eigenvalue weighted by atomic mass is 10.1. The largest absolute Gasteiger partial charge is 0.326 e. The van der Waals surface area contributed by atoms with E-state index >= 15 is 0 Å². The molecule has 8 nitrogen and oxygen atoms in total. The molecule has 1 saturated heterocycles. The number of aryl methyl sites for hydroxylation is 1. The molecule has 0 saturated carbocycles. The van der Waals surface area contributed by atoms with Crippen molar-refractivity contribution in [1.29, 1.82) is 0 Å². The van der Waals surface area contributed by atoms with E-state index in [9.17, 15) is 19.2 Å². The number of amides is 4. The normalized spacial score (nSPS) is 13.2. The Hall–Kier alpha value is -3.68. The van der Waals surface area contributed by atoms with Gasteiger partial charge in [-0.2, -0.15) is 0 Å². The quantitative estimate of drug-likeness (QED) is 0.693. The van der Waals surface area contributed by atoms with Crippen LogP contribution < -0.4 is 20.9 Å².